The van der Waals surface area contributed by atoms with Crippen LogP contribution >= 0.6 is 0 Å². The van der Waals surface area contributed by atoms with Gasteiger partial charge in [0.25, 0.3) is 0 Å². The van der Waals surface area contributed by atoms with E-state index in [0.717, 1.165) is 24.1 Å². The van der Waals surface area contributed by atoms with Crippen LogP contribution in [-0.2, 0) is 0 Å². The van der Waals surface area contributed by atoms with E-state index in [9.17, 15) is 10.2 Å². The van der Waals surface area contributed by atoms with Crippen LogP contribution in [0.5, 0.6) is 0 Å². The van der Waals surface area contributed by atoms with E-state index >= 15 is 0 Å². The van der Waals surface area contributed by atoms with Gasteiger partial charge in [0.05, 0.1) is 0 Å². The Hall–Kier alpha value is -1.10. The van der Waals surface area contributed by atoms with Gasteiger partial charge < -0.3 is 20.8 Å². The maximum absolute atomic E-state index is 10.5. The van der Waals surface area contributed by atoms with Gasteiger partial charge in [0.1, 0.15) is 6.23 Å². The van der Waals surface area contributed by atoms with Gasteiger partial charge in [-0.2, -0.15) is 0 Å². The van der Waals surface area contributed by atoms with Gasteiger partial charge in [-0.25, -0.2) is 0 Å². The van der Waals surface area contributed by atoms with Crippen LogP contribution in [0.4, 0.5) is 0 Å². The number of nitrogens with zero attached hydrogens (tertiary/aromatic N) is 1. The maximum atomic E-state index is 10.5. The molecule has 1 aliphatic heterocycles. The molecular weight excluding hydrogens is 264 g/mol. The average molecular weight is 292 g/mol. The van der Waals surface area contributed by atoms with Crippen LogP contribution in [0, 0.1) is 11.8 Å². The second-order valence-electron chi connectivity index (χ2n) is 6.49. The first-order valence-electron chi connectivity index (χ1n) is 7.84. The van der Waals surface area contributed by atoms with E-state index in [0.29, 0.717) is 24.7 Å². The summed E-state index contributed by atoms with van der Waals surface area (Å²) in [6, 6.07) is -0.154. The van der Waals surface area contributed by atoms with Crippen molar-refractivity contribution in [2.75, 3.05) is 0 Å². The van der Waals surface area contributed by atoms with Gasteiger partial charge >= 0.3 is 0 Å². The van der Waals surface area contributed by atoms with Gasteiger partial charge in [0.15, 0.2) is 6.23 Å². The predicted molar refractivity (Wildman–Crippen MR) is 85.0 cm³/mol. The number of allylic oxidation sites excluding steroid dienone is 2. The third-order valence-electron chi connectivity index (χ3n) is 4.76. The van der Waals surface area contributed by atoms with Crippen molar-refractivity contribution < 1.29 is 10.2 Å². The van der Waals surface area contributed by atoms with Crippen molar-refractivity contribution in [3.63, 3.8) is 0 Å². The standard InChI is InChI=1S/C17H28N2O2/c1-4-5-14(18)9-13-10-16(20)19(17(13)21)15-7-6-11(2)12(3)8-15/h4,7,9,11-12,14,16-17,20-21H,1,5-6,8,10,18H2,2-3H3/b13-9+. The number of aliphatic hydroxyl groups is 2. The van der Waals surface area contributed by atoms with Crippen LogP contribution in [0.1, 0.15) is 39.5 Å². The van der Waals surface area contributed by atoms with Gasteiger partial charge in [-0.05, 0) is 36.7 Å². The van der Waals surface area contributed by atoms with Crippen molar-refractivity contribution in [1.29, 1.82) is 0 Å². The second kappa shape index (κ2) is 6.77. The Morgan fingerprint density at radius 1 is 1.38 bits per heavy atom. The smallest absolute Gasteiger partial charge is 0.151 e. The van der Waals surface area contributed by atoms with Gasteiger partial charge in [-0.15, -0.1) is 6.58 Å². The highest BCUT2D eigenvalue weighted by atomic mass is 16.3. The summed E-state index contributed by atoms with van der Waals surface area (Å²) in [6.07, 6.45) is 7.40. The Morgan fingerprint density at radius 2 is 2.10 bits per heavy atom. The third kappa shape index (κ3) is 3.57. The number of likely N-dealkylation sites (tertiary alicyclic amines) is 1. The maximum Gasteiger partial charge on any atom is 0.151 e. The van der Waals surface area contributed by atoms with Crippen LogP contribution in [0.25, 0.3) is 0 Å². The molecule has 21 heavy (non-hydrogen) atoms. The van der Waals surface area contributed by atoms with Crippen LogP contribution in [0.3, 0.4) is 0 Å². The van der Waals surface area contributed by atoms with E-state index in [1.807, 2.05) is 6.08 Å². The van der Waals surface area contributed by atoms with Crippen LogP contribution in [0.15, 0.2) is 36.1 Å². The monoisotopic (exact) mass is 292 g/mol. The molecular formula is C17H28N2O2. The van der Waals surface area contributed by atoms with E-state index in [4.69, 9.17) is 5.73 Å². The van der Waals surface area contributed by atoms with Crippen molar-refractivity contribution in [1.82, 2.24) is 4.90 Å². The van der Waals surface area contributed by atoms with Crippen LogP contribution in [-0.4, -0.2) is 33.6 Å². The van der Waals surface area contributed by atoms with Crippen molar-refractivity contribution in [2.45, 2.75) is 58.0 Å². The molecule has 0 amide bonds. The molecule has 0 radical (unpaired) electrons. The summed E-state index contributed by atoms with van der Waals surface area (Å²) < 4.78 is 0. The first-order chi connectivity index (χ1) is 9.93. The third-order valence-corrected chi connectivity index (χ3v) is 4.76. The molecule has 0 aromatic rings. The largest absolute Gasteiger partial charge is 0.373 e. The lowest BCUT2D eigenvalue weighted by molar-refractivity contribution is -0.0274. The zero-order valence-corrected chi connectivity index (χ0v) is 13.1. The fraction of sp³-hybridized carbons (Fsp3) is 0.647. The molecule has 0 saturated carbocycles. The summed E-state index contributed by atoms with van der Waals surface area (Å²) in [4.78, 5) is 1.74. The highest BCUT2D eigenvalue weighted by Crippen LogP contribution is 2.37. The summed E-state index contributed by atoms with van der Waals surface area (Å²) in [5.41, 5.74) is 7.83. The molecule has 0 aromatic carbocycles. The minimum absolute atomic E-state index is 0.154. The van der Waals surface area contributed by atoms with Crippen molar-refractivity contribution >= 4 is 0 Å². The Bertz CT molecular complexity index is 444. The van der Waals surface area contributed by atoms with E-state index in [2.05, 4.69) is 26.5 Å². The lowest BCUT2D eigenvalue weighted by atomic mass is 9.84. The van der Waals surface area contributed by atoms with Gasteiger partial charge in [0.2, 0.25) is 0 Å². The van der Waals surface area contributed by atoms with E-state index in [1.165, 1.54) is 0 Å². The van der Waals surface area contributed by atoms with Crippen molar-refractivity contribution in [2.24, 2.45) is 17.6 Å². The summed E-state index contributed by atoms with van der Waals surface area (Å²) in [5, 5.41) is 20.8. The summed E-state index contributed by atoms with van der Waals surface area (Å²) >= 11 is 0. The van der Waals surface area contributed by atoms with E-state index in [1.54, 1.807) is 11.0 Å². The minimum Gasteiger partial charge on any atom is -0.373 e. The highest BCUT2D eigenvalue weighted by Gasteiger charge is 2.37. The fourth-order valence-electron chi connectivity index (χ4n) is 3.17. The number of hydrogen-bond donors (Lipinski definition) is 3. The fourth-order valence-corrected chi connectivity index (χ4v) is 3.17. The molecule has 0 aromatic heterocycles. The average Bonchev–Trinajstić information content (AvgIpc) is 2.68. The number of hydrogen-bond acceptors (Lipinski definition) is 4. The molecule has 5 unspecified atom stereocenters. The summed E-state index contributed by atoms with van der Waals surface area (Å²) in [6.45, 7) is 8.14. The summed E-state index contributed by atoms with van der Waals surface area (Å²) in [5.74, 6) is 1.22. The van der Waals surface area contributed by atoms with E-state index in [-0.39, 0.29) is 6.04 Å². The Balaban J connectivity index is 2.13. The Morgan fingerprint density at radius 3 is 2.71 bits per heavy atom. The van der Waals surface area contributed by atoms with Crippen LogP contribution < -0.4 is 5.73 Å². The van der Waals surface area contributed by atoms with Gasteiger partial charge in [-0.1, -0.05) is 32.1 Å². The molecule has 5 atom stereocenters. The second-order valence-corrected chi connectivity index (χ2v) is 6.49. The van der Waals surface area contributed by atoms with E-state index < -0.39 is 12.5 Å². The molecule has 2 aliphatic rings. The van der Waals surface area contributed by atoms with Crippen molar-refractivity contribution in [3.8, 4) is 0 Å². The predicted octanol–water partition coefficient (Wildman–Crippen LogP) is 2.11. The Kier molecular flexibility index (Phi) is 5.25. The molecule has 4 nitrogen and oxygen atoms in total. The zero-order chi connectivity index (χ0) is 15.6. The lowest BCUT2D eigenvalue weighted by Gasteiger charge is -2.35. The first kappa shape index (κ1) is 16.3. The molecule has 1 fully saturated rings. The normalized spacial score (nSPS) is 36.7. The quantitative estimate of drug-likeness (QED) is 0.694. The number of nitrogens with two attached hydrogens (primary N) is 1. The van der Waals surface area contributed by atoms with Gasteiger partial charge in [-0.3, -0.25) is 0 Å². The molecule has 4 heteroatoms. The zero-order valence-electron chi connectivity index (χ0n) is 13.1. The first-order valence-corrected chi connectivity index (χ1v) is 7.84. The molecule has 1 saturated heterocycles. The molecule has 0 bridgehead atoms. The molecule has 118 valence electrons. The highest BCUT2D eigenvalue weighted by molar-refractivity contribution is 5.22. The molecule has 0 spiro atoms. The molecule has 2 rings (SSSR count). The molecule has 4 N–H and O–H groups in total. The topological polar surface area (TPSA) is 69.7 Å². The Labute approximate surface area is 127 Å². The lowest BCUT2D eigenvalue weighted by Crippen LogP contribution is -2.37. The number of rotatable bonds is 4. The molecule has 1 aliphatic carbocycles. The minimum atomic E-state index is -0.761. The summed E-state index contributed by atoms with van der Waals surface area (Å²) in [7, 11) is 0. The number of aliphatic hydroxyl groups excluding tert-OH is 2. The molecule has 1 heterocycles. The van der Waals surface area contributed by atoms with Crippen LogP contribution in [0.2, 0.25) is 0 Å². The van der Waals surface area contributed by atoms with Crippen molar-refractivity contribution in [3.05, 3.63) is 36.1 Å². The van der Waals surface area contributed by atoms with Gasteiger partial charge in [0, 0.05) is 18.2 Å². The SMILES string of the molecule is C=CCC(N)/C=C1\CC(O)N(C2=CCC(C)C(C)C2)C1O.